The van der Waals surface area contributed by atoms with Crippen molar-refractivity contribution in [1.29, 1.82) is 0 Å². The first-order valence-corrected chi connectivity index (χ1v) is 7.68. The first kappa shape index (κ1) is 17.8. The zero-order valence-corrected chi connectivity index (χ0v) is 14.0. The van der Waals surface area contributed by atoms with Gasteiger partial charge >= 0.3 is 11.9 Å². The Morgan fingerprint density at radius 3 is 2.62 bits per heavy atom. The fraction of sp³-hybridized carbons (Fsp3) is 0.471. The molecule has 0 aliphatic carbocycles. The van der Waals surface area contributed by atoms with Gasteiger partial charge in [-0.25, -0.2) is 0 Å². The molecule has 1 atom stereocenters. The van der Waals surface area contributed by atoms with Crippen molar-refractivity contribution in [1.82, 2.24) is 0 Å². The third-order valence-electron chi connectivity index (χ3n) is 3.70. The molecule has 1 amide bonds. The van der Waals surface area contributed by atoms with Gasteiger partial charge in [0.15, 0.2) is 0 Å². The molecule has 0 saturated carbocycles. The largest absolute Gasteiger partial charge is 0.497 e. The van der Waals surface area contributed by atoms with Crippen LogP contribution in [0.2, 0.25) is 0 Å². The molecule has 0 radical (unpaired) electrons. The molecule has 1 aromatic rings. The number of rotatable bonds is 7. The lowest BCUT2D eigenvalue weighted by atomic mass is 10.1. The highest BCUT2D eigenvalue weighted by molar-refractivity contribution is 6.01. The van der Waals surface area contributed by atoms with Crippen LogP contribution < -0.4 is 9.64 Å². The molecule has 24 heavy (non-hydrogen) atoms. The lowest BCUT2D eigenvalue weighted by molar-refractivity contribution is -0.156. The van der Waals surface area contributed by atoms with E-state index < -0.39 is 18.0 Å². The van der Waals surface area contributed by atoms with Gasteiger partial charge in [0, 0.05) is 32.5 Å². The number of anilines is 1. The zero-order chi connectivity index (χ0) is 17.7. The van der Waals surface area contributed by atoms with Gasteiger partial charge in [0.1, 0.15) is 18.5 Å². The normalized spacial score (nSPS) is 14.1. The molecule has 1 aromatic carbocycles. The van der Waals surface area contributed by atoms with Crippen LogP contribution in [0.25, 0.3) is 0 Å². The summed E-state index contributed by atoms with van der Waals surface area (Å²) in [5.41, 5.74) is 1.73. The van der Waals surface area contributed by atoms with Crippen LogP contribution in [-0.2, 0) is 30.3 Å². The first-order chi connectivity index (χ1) is 11.4. The lowest BCUT2D eigenvalue weighted by Crippen LogP contribution is -2.33. The van der Waals surface area contributed by atoms with Gasteiger partial charge in [-0.1, -0.05) is 0 Å². The van der Waals surface area contributed by atoms with Crippen molar-refractivity contribution in [3.05, 3.63) is 23.8 Å². The first-order valence-electron chi connectivity index (χ1n) is 7.68. The molecule has 1 aliphatic rings. The second kappa shape index (κ2) is 7.81. The maximum atomic E-state index is 12.2. The fourth-order valence-electron chi connectivity index (χ4n) is 2.63. The molecule has 0 bridgehead atoms. The SMILES string of the molecule is COc1ccc2c(c1)CC(=O)N2CC[C@@H](COC(C)=O)OC(C)=O. The Morgan fingerprint density at radius 2 is 2.00 bits per heavy atom. The molecular weight excluding hydrogens is 314 g/mol. The van der Waals surface area contributed by atoms with Crippen molar-refractivity contribution >= 4 is 23.5 Å². The zero-order valence-electron chi connectivity index (χ0n) is 14.0. The van der Waals surface area contributed by atoms with Gasteiger partial charge in [-0.3, -0.25) is 14.4 Å². The predicted molar refractivity (Wildman–Crippen MR) is 85.9 cm³/mol. The Kier molecular flexibility index (Phi) is 5.78. The third-order valence-corrected chi connectivity index (χ3v) is 3.70. The molecule has 0 aromatic heterocycles. The van der Waals surface area contributed by atoms with E-state index in [1.54, 1.807) is 18.1 Å². The molecule has 0 saturated heterocycles. The monoisotopic (exact) mass is 335 g/mol. The number of carbonyl (C=O) groups excluding carboxylic acids is 3. The van der Waals surface area contributed by atoms with E-state index in [0.717, 1.165) is 11.3 Å². The second-order valence-electron chi connectivity index (χ2n) is 5.54. The Bertz CT molecular complexity index is 642. The summed E-state index contributed by atoms with van der Waals surface area (Å²) in [6.07, 6.45) is 0.111. The Balaban J connectivity index is 2.02. The summed E-state index contributed by atoms with van der Waals surface area (Å²) >= 11 is 0. The van der Waals surface area contributed by atoms with Crippen molar-refractivity contribution in [2.45, 2.75) is 32.8 Å². The molecular formula is C17H21NO6. The Labute approximate surface area is 140 Å². The average molecular weight is 335 g/mol. The van der Waals surface area contributed by atoms with Crippen LogP contribution in [0.15, 0.2) is 18.2 Å². The molecule has 1 aliphatic heterocycles. The summed E-state index contributed by atoms with van der Waals surface area (Å²) in [5.74, 6) is -0.213. The van der Waals surface area contributed by atoms with Gasteiger partial charge < -0.3 is 19.1 Å². The van der Waals surface area contributed by atoms with Crippen LogP contribution in [0, 0.1) is 0 Å². The van der Waals surface area contributed by atoms with Gasteiger partial charge in [-0.05, 0) is 23.8 Å². The average Bonchev–Trinajstić information content (AvgIpc) is 2.83. The number of ether oxygens (including phenoxy) is 3. The molecule has 0 spiro atoms. The van der Waals surface area contributed by atoms with Crippen LogP contribution in [0.4, 0.5) is 5.69 Å². The number of amides is 1. The highest BCUT2D eigenvalue weighted by Crippen LogP contribution is 2.32. The van der Waals surface area contributed by atoms with Crippen LogP contribution in [0.3, 0.4) is 0 Å². The minimum absolute atomic E-state index is 0.0210. The number of hydrogen-bond donors (Lipinski definition) is 0. The number of carbonyl (C=O) groups is 3. The van der Waals surface area contributed by atoms with E-state index in [4.69, 9.17) is 14.2 Å². The minimum Gasteiger partial charge on any atom is -0.497 e. The van der Waals surface area contributed by atoms with Crippen LogP contribution >= 0.6 is 0 Å². The number of benzene rings is 1. The van der Waals surface area contributed by atoms with Gasteiger partial charge in [-0.2, -0.15) is 0 Å². The van der Waals surface area contributed by atoms with Gasteiger partial charge in [0.05, 0.1) is 13.5 Å². The Hall–Kier alpha value is -2.57. The van der Waals surface area contributed by atoms with E-state index in [-0.39, 0.29) is 12.5 Å². The number of nitrogens with zero attached hydrogens (tertiary/aromatic N) is 1. The van der Waals surface area contributed by atoms with Crippen molar-refractivity contribution < 1.29 is 28.6 Å². The van der Waals surface area contributed by atoms with Crippen molar-refractivity contribution in [2.24, 2.45) is 0 Å². The molecule has 7 heteroatoms. The predicted octanol–water partition coefficient (Wildman–Crippen LogP) is 1.47. The van der Waals surface area contributed by atoms with E-state index in [9.17, 15) is 14.4 Å². The number of methoxy groups -OCH3 is 1. The van der Waals surface area contributed by atoms with Crippen molar-refractivity contribution in [3.63, 3.8) is 0 Å². The lowest BCUT2D eigenvalue weighted by Gasteiger charge is -2.22. The summed E-state index contributed by atoms with van der Waals surface area (Å²) < 4.78 is 15.2. The van der Waals surface area contributed by atoms with Crippen molar-refractivity contribution in [3.8, 4) is 5.75 Å². The van der Waals surface area contributed by atoms with Crippen LogP contribution in [0.5, 0.6) is 5.75 Å². The third kappa shape index (κ3) is 4.47. The van der Waals surface area contributed by atoms with E-state index in [1.165, 1.54) is 13.8 Å². The quantitative estimate of drug-likeness (QED) is 0.702. The fourth-order valence-corrected chi connectivity index (χ4v) is 2.63. The van der Waals surface area contributed by atoms with Crippen LogP contribution in [-0.4, -0.2) is 44.2 Å². The van der Waals surface area contributed by atoms with Crippen molar-refractivity contribution in [2.75, 3.05) is 25.2 Å². The molecule has 2 rings (SSSR count). The maximum Gasteiger partial charge on any atom is 0.303 e. The summed E-state index contributed by atoms with van der Waals surface area (Å²) in [4.78, 5) is 36.0. The standard InChI is InChI=1S/C17H21NO6/c1-11(19)23-10-15(24-12(2)20)6-7-18-16-5-4-14(22-3)8-13(16)9-17(18)21/h4-5,8,15H,6-7,9-10H2,1-3H3/t15-/m0/s1. The van der Waals surface area contributed by atoms with E-state index in [1.807, 2.05) is 12.1 Å². The smallest absolute Gasteiger partial charge is 0.303 e. The molecule has 130 valence electrons. The number of fused-ring (bicyclic) bond motifs is 1. The Morgan fingerprint density at radius 1 is 1.25 bits per heavy atom. The maximum absolute atomic E-state index is 12.2. The summed E-state index contributed by atoms with van der Waals surface area (Å²) in [5, 5.41) is 0. The second-order valence-corrected chi connectivity index (χ2v) is 5.54. The molecule has 0 unspecified atom stereocenters. The minimum atomic E-state index is -0.582. The molecule has 7 nitrogen and oxygen atoms in total. The van der Waals surface area contributed by atoms with E-state index in [2.05, 4.69) is 0 Å². The van der Waals surface area contributed by atoms with E-state index in [0.29, 0.717) is 25.1 Å². The van der Waals surface area contributed by atoms with E-state index >= 15 is 0 Å². The van der Waals surface area contributed by atoms with Gasteiger partial charge in [0.25, 0.3) is 0 Å². The van der Waals surface area contributed by atoms with Gasteiger partial charge in [0.2, 0.25) is 5.91 Å². The highest BCUT2D eigenvalue weighted by atomic mass is 16.6. The number of hydrogen-bond acceptors (Lipinski definition) is 6. The highest BCUT2D eigenvalue weighted by Gasteiger charge is 2.28. The molecule has 1 heterocycles. The topological polar surface area (TPSA) is 82.1 Å². The van der Waals surface area contributed by atoms with Gasteiger partial charge in [-0.15, -0.1) is 0 Å². The summed E-state index contributed by atoms with van der Waals surface area (Å²) in [6, 6.07) is 5.48. The summed E-state index contributed by atoms with van der Waals surface area (Å²) in [6.45, 7) is 2.94. The number of esters is 2. The summed E-state index contributed by atoms with van der Waals surface area (Å²) in [7, 11) is 1.58. The van der Waals surface area contributed by atoms with Crippen LogP contribution in [0.1, 0.15) is 25.8 Å². The molecule has 0 fully saturated rings. The molecule has 0 N–H and O–H groups in total.